The van der Waals surface area contributed by atoms with Crippen LogP contribution in [0.2, 0.25) is 0 Å². The van der Waals surface area contributed by atoms with Crippen LogP contribution in [-0.4, -0.2) is 51.2 Å². The van der Waals surface area contributed by atoms with Gasteiger partial charge in [0.15, 0.2) is 0 Å². The van der Waals surface area contributed by atoms with Gasteiger partial charge in [0.2, 0.25) is 5.91 Å². The summed E-state index contributed by atoms with van der Waals surface area (Å²) in [6.07, 6.45) is 5.83. The van der Waals surface area contributed by atoms with Crippen LogP contribution in [0.15, 0.2) is 24.5 Å². The maximum atomic E-state index is 13.4. The zero-order chi connectivity index (χ0) is 20.2. The lowest BCUT2D eigenvalue weighted by atomic mass is 9.78. The Morgan fingerprint density at radius 3 is 2.66 bits per heavy atom. The van der Waals surface area contributed by atoms with Gasteiger partial charge >= 0.3 is 0 Å². The van der Waals surface area contributed by atoms with Crippen LogP contribution < -0.4 is 0 Å². The fourth-order valence-electron chi connectivity index (χ4n) is 4.97. The van der Waals surface area contributed by atoms with E-state index in [4.69, 9.17) is 0 Å². The average Bonchev–Trinajstić information content (AvgIpc) is 3.45. The van der Waals surface area contributed by atoms with Crippen molar-refractivity contribution < 1.29 is 14.0 Å². The van der Waals surface area contributed by atoms with Gasteiger partial charge in [-0.25, -0.2) is 9.37 Å². The minimum Gasteiger partial charge on any atom is -0.348 e. The second-order valence-corrected chi connectivity index (χ2v) is 8.53. The summed E-state index contributed by atoms with van der Waals surface area (Å²) in [4.78, 5) is 37.8. The molecule has 1 saturated heterocycles. The molecule has 0 unspecified atom stereocenters. The highest BCUT2D eigenvalue weighted by molar-refractivity contribution is 5.95. The van der Waals surface area contributed by atoms with Gasteiger partial charge in [0.1, 0.15) is 5.82 Å². The molecule has 1 saturated carbocycles. The van der Waals surface area contributed by atoms with Crippen molar-refractivity contribution in [2.24, 2.45) is 5.92 Å². The lowest BCUT2D eigenvalue weighted by Gasteiger charge is -2.50. The van der Waals surface area contributed by atoms with Gasteiger partial charge in [-0.05, 0) is 56.4 Å². The van der Waals surface area contributed by atoms with E-state index in [2.05, 4.69) is 14.9 Å². The normalized spacial score (nSPS) is 20.6. The molecular formula is C22H25FN4O2. The zero-order valence-electron chi connectivity index (χ0n) is 16.6. The standard InChI is InChI=1S/C22H25FN4O2/c1-14-12-16(23)4-5-17(14)21(29)26-10-7-22(8-11-26)19-18(24-13-25-19)6-9-27(22)20(28)15-2-3-15/h4-5,12-13,15H,2-3,6-11H2,1H3,(H,24,25). The topological polar surface area (TPSA) is 69.3 Å². The van der Waals surface area contributed by atoms with E-state index >= 15 is 0 Å². The number of carbonyl (C=O) groups excluding carboxylic acids is 2. The van der Waals surface area contributed by atoms with Crippen LogP contribution in [-0.2, 0) is 16.8 Å². The SMILES string of the molecule is Cc1cc(F)ccc1C(=O)N1CCC2(CC1)c1nc[nH]c1CCN2C(=O)C1CC1. The first-order valence-corrected chi connectivity index (χ1v) is 10.4. The number of H-pyrrole nitrogens is 1. The van der Waals surface area contributed by atoms with Gasteiger partial charge in [0.05, 0.1) is 17.6 Å². The highest BCUT2D eigenvalue weighted by Gasteiger charge is 2.51. The molecule has 0 bridgehead atoms. The Bertz CT molecular complexity index is 973. The number of likely N-dealkylation sites (tertiary alicyclic amines) is 1. The van der Waals surface area contributed by atoms with Gasteiger partial charge in [-0.1, -0.05) is 0 Å². The number of nitrogens with zero attached hydrogens (tertiary/aromatic N) is 3. The quantitative estimate of drug-likeness (QED) is 0.849. The van der Waals surface area contributed by atoms with Crippen molar-refractivity contribution in [2.45, 2.75) is 44.6 Å². The number of rotatable bonds is 2. The van der Waals surface area contributed by atoms with E-state index in [-0.39, 0.29) is 23.5 Å². The molecule has 2 aliphatic heterocycles. The van der Waals surface area contributed by atoms with Crippen LogP contribution in [0.4, 0.5) is 4.39 Å². The van der Waals surface area contributed by atoms with Crippen LogP contribution in [0.3, 0.4) is 0 Å². The summed E-state index contributed by atoms with van der Waals surface area (Å²) < 4.78 is 13.4. The molecule has 1 spiro atoms. The van der Waals surface area contributed by atoms with E-state index < -0.39 is 5.54 Å². The molecule has 7 heteroatoms. The minimum atomic E-state index is -0.429. The van der Waals surface area contributed by atoms with E-state index in [0.717, 1.165) is 30.7 Å². The van der Waals surface area contributed by atoms with Gasteiger partial charge in [-0.3, -0.25) is 9.59 Å². The predicted octanol–water partition coefficient (Wildman–Crippen LogP) is 2.78. The Balaban J connectivity index is 1.41. The van der Waals surface area contributed by atoms with Crippen LogP contribution in [0.25, 0.3) is 0 Å². The first-order chi connectivity index (χ1) is 14.0. The van der Waals surface area contributed by atoms with Gasteiger partial charge in [0, 0.05) is 43.2 Å². The first kappa shape index (κ1) is 18.3. The number of aromatic amines is 1. The molecule has 1 aliphatic carbocycles. The molecule has 2 fully saturated rings. The second kappa shape index (κ2) is 6.68. The first-order valence-electron chi connectivity index (χ1n) is 10.4. The third-order valence-electron chi connectivity index (χ3n) is 6.75. The lowest BCUT2D eigenvalue weighted by Crippen LogP contribution is -2.59. The molecule has 152 valence electrons. The van der Waals surface area contributed by atoms with E-state index in [1.165, 1.54) is 12.1 Å². The highest BCUT2D eigenvalue weighted by atomic mass is 19.1. The number of aryl methyl sites for hydroxylation is 1. The van der Waals surface area contributed by atoms with E-state index in [1.807, 2.05) is 4.90 Å². The number of nitrogens with one attached hydrogen (secondary N) is 1. The maximum absolute atomic E-state index is 13.4. The summed E-state index contributed by atoms with van der Waals surface area (Å²) in [6.45, 7) is 3.57. The molecule has 5 rings (SSSR count). The highest BCUT2D eigenvalue weighted by Crippen LogP contribution is 2.45. The van der Waals surface area contributed by atoms with Crippen LogP contribution in [0.5, 0.6) is 0 Å². The summed E-state index contributed by atoms with van der Waals surface area (Å²) in [5.41, 5.74) is 2.84. The summed E-state index contributed by atoms with van der Waals surface area (Å²) in [5.74, 6) is -0.00340. The monoisotopic (exact) mass is 396 g/mol. The zero-order valence-corrected chi connectivity index (χ0v) is 16.6. The lowest BCUT2D eigenvalue weighted by molar-refractivity contribution is -0.143. The molecular weight excluding hydrogens is 371 g/mol. The number of fused-ring (bicyclic) bond motifs is 2. The molecule has 29 heavy (non-hydrogen) atoms. The number of amides is 2. The number of hydrogen-bond donors (Lipinski definition) is 1. The number of imidazole rings is 1. The minimum absolute atomic E-state index is 0.0736. The van der Waals surface area contributed by atoms with Gasteiger partial charge in [-0.2, -0.15) is 0 Å². The van der Waals surface area contributed by atoms with Gasteiger partial charge in [0.25, 0.3) is 5.91 Å². The van der Waals surface area contributed by atoms with Crippen LogP contribution >= 0.6 is 0 Å². The van der Waals surface area contributed by atoms with E-state index in [1.54, 1.807) is 19.3 Å². The number of benzene rings is 1. The molecule has 2 amide bonds. The molecule has 0 atom stereocenters. The molecule has 1 N–H and O–H groups in total. The average molecular weight is 396 g/mol. The number of hydrogen-bond acceptors (Lipinski definition) is 3. The predicted molar refractivity (Wildman–Crippen MR) is 105 cm³/mol. The third kappa shape index (κ3) is 2.94. The molecule has 1 aromatic heterocycles. The van der Waals surface area contributed by atoms with Crippen molar-refractivity contribution in [3.05, 3.63) is 52.9 Å². The van der Waals surface area contributed by atoms with Crippen molar-refractivity contribution in [1.82, 2.24) is 19.8 Å². The van der Waals surface area contributed by atoms with Gasteiger partial charge < -0.3 is 14.8 Å². The largest absolute Gasteiger partial charge is 0.348 e. The van der Waals surface area contributed by atoms with Crippen molar-refractivity contribution >= 4 is 11.8 Å². The Morgan fingerprint density at radius 1 is 1.21 bits per heavy atom. The third-order valence-corrected chi connectivity index (χ3v) is 6.75. The maximum Gasteiger partial charge on any atom is 0.254 e. The van der Waals surface area contributed by atoms with Crippen molar-refractivity contribution in [2.75, 3.05) is 19.6 Å². The van der Waals surface area contributed by atoms with Gasteiger partial charge in [-0.15, -0.1) is 0 Å². The van der Waals surface area contributed by atoms with E-state index in [0.29, 0.717) is 43.6 Å². The Hall–Kier alpha value is -2.70. The van der Waals surface area contributed by atoms with Crippen LogP contribution in [0, 0.1) is 18.7 Å². The Kier molecular flexibility index (Phi) is 4.22. The fraction of sp³-hybridized carbons (Fsp3) is 0.500. The Labute approximate surface area is 169 Å². The molecule has 3 aliphatic rings. The van der Waals surface area contributed by atoms with Crippen molar-refractivity contribution in [3.8, 4) is 0 Å². The van der Waals surface area contributed by atoms with Crippen LogP contribution in [0.1, 0.15) is 53.0 Å². The number of aromatic nitrogens is 2. The molecule has 3 heterocycles. The Morgan fingerprint density at radius 2 is 1.97 bits per heavy atom. The summed E-state index contributed by atoms with van der Waals surface area (Å²) in [5, 5.41) is 0. The number of piperidine rings is 1. The summed E-state index contributed by atoms with van der Waals surface area (Å²) in [6, 6.07) is 4.29. The van der Waals surface area contributed by atoms with Crippen molar-refractivity contribution in [1.29, 1.82) is 0 Å². The number of halogens is 1. The fourth-order valence-corrected chi connectivity index (χ4v) is 4.97. The molecule has 6 nitrogen and oxygen atoms in total. The molecule has 2 aromatic rings. The molecule has 0 radical (unpaired) electrons. The van der Waals surface area contributed by atoms with E-state index in [9.17, 15) is 14.0 Å². The number of carbonyl (C=O) groups is 2. The smallest absolute Gasteiger partial charge is 0.254 e. The molecule has 1 aromatic carbocycles. The van der Waals surface area contributed by atoms with Crippen molar-refractivity contribution in [3.63, 3.8) is 0 Å². The second-order valence-electron chi connectivity index (χ2n) is 8.53. The summed E-state index contributed by atoms with van der Waals surface area (Å²) >= 11 is 0. The summed E-state index contributed by atoms with van der Waals surface area (Å²) in [7, 11) is 0.